The SMILES string of the molecule is CCCOc1ccccc1NC(=O)C1CCCN(S(=O)(=O)c2ccc(OC)cc2)C1. The van der Waals surface area contributed by atoms with Crippen molar-refractivity contribution in [3.05, 3.63) is 48.5 Å². The van der Waals surface area contributed by atoms with E-state index in [4.69, 9.17) is 9.47 Å². The standard InChI is InChI=1S/C22H28N2O5S/c1-3-15-29-21-9-5-4-8-20(21)23-22(25)17-7-6-14-24(16-17)30(26,27)19-12-10-18(28-2)11-13-19/h4-5,8-13,17H,3,6-7,14-16H2,1-2H3,(H,23,25). The number of methoxy groups -OCH3 is 1. The topological polar surface area (TPSA) is 84.9 Å². The summed E-state index contributed by atoms with van der Waals surface area (Å²) in [5, 5.41) is 2.91. The van der Waals surface area contributed by atoms with Crippen molar-refractivity contribution in [2.75, 3.05) is 32.1 Å². The monoisotopic (exact) mass is 432 g/mol. The molecule has 3 rings (SSSR count). The number of sulfonamides is 1. The molecule has 1 aliphatic heterocycles. The van der Waals surface area contributed by atoms with Gasteiger partial charge < -0.3 is 14.8 Å². The number of benzene rings is 2. The predicted octanol–water partition coefficient (Wildman–Crippen LogP) is 3.52. The van der Waals surface area contributed by atoms with E-state index in [9.17, 15) is 13.2 Å². The number of amides is 1. The maximum absolute atomic E-state index is 13.0. The highest BCUT2D eigenvalue weighted by Gasteiger charge is 2.33. The molecule has 1 aliphatic rings. The van der Waals surface area contributed by atoms with Crippen LogP contribution in [0.4, 0.5) is 5.69 Å². The molecule has 1 fully saturated rings. The summed E-state index contributed by atoms with van der Waals surface area (Å²) < 4.78 is 38.2. The van der Waals surface area contributed by atoms with Gasteiger partial charge in [-0.2, -0.15) is 4.31 Å². The average molecular weight is 433 g/mol. The number of hydrogen-bond donors (Lipinski definition) is 1. The van der Waals surface area contributed by atoms with Gasteiger partial charge in [0.05, 0.1) is 30.2 Å². The van der Waals surface area contributed by atoms with Crippen LogP contribution in [0.5, 0.6) is 11.5 Å². The van der Waals surface area contributed by atoms with E-state index in [0.717, 1.165) is 6.42 Å². The molecule has 2 aromatic rings. The lowest BCUT2D eigenvalue weighted by Crippen LogP contribution is -2.43. The van der Waals surface area contributed by atoms with Gasteiger partial charge in [-0.05, 0) is 55.7 Å². The first kappa shape index (κ1) is 22.1. The molecule has 30 heavy (non-hydrogen) atoms. The van der Waals surface area contributed by atoms with Crippen LogP contribution in [-0.2, 0) is 14.8 Å². The molecule has 1 unspecified atom stereocenters. The van der Waals surface area contributed by atoms with Crippen molar-refractivity contribution in [2.45, 2.75) is 31.1 Å². The maximum atomic E-state index is 13.0. The molecule has 1 N–H and O–H groups in total. The zero-order valence-electron chi connectivity index (χ0n) is 17.3. The van der Waals surface area contributed by atoms with Crippen molar-refractivity contribution in [1.82, 2.24) is 4.31 Å². The van der Waals surface area contributed by atoms with E-state index >= 15 is 0 Å². The van der Waals surface area contributed by atoms with E-state index < -0.39 is 15.9 Å². The van der Waals surface area contributed by atoms with Crippen LogP contribution in [0.3, 0.4) is 0 Å². The minimum absolute atomic E-state index is 0.151. The maximum Gasteiger partial charge on any atom is 0.243 e. The Morgan fingerprint density at radius 1 is 1.17 bits per heavy atom. The fourth-order valence-corrected chi connectivity index (χ4v) is 4.94. The summed E-state index contributed by atoms with van der Waals surface area (Å²) in [6.07, 6.45) is 2.13. The molecule has 162 valence electrons. The van der Waals surface area contributed by atoms with Gasteiger partial charge in [0, 0.05) is 13.1 Å². The molecular weight excluding hydrogens is 404 g/mol. The molecule has 1 atom stereocenters. The van der Waals surface area contributed by atoms with Crippen LogP contribution < -0.4 is 14.8 Å². The summed E-state index contributed by atoms with van der Waals surface area (Å²) in [6, 6.07) is 13.6. The Balaban J connectivity index is 1.70. The Bertz CT molecular complexity index is 960. The van der Waals surface area contributed by atoms with Crippen LogP contribution in [0.25, 0.3) is 0 Å². The lowest BCUT2D eigenvalue weighted by atomic mass is 9.98. The zero-order valence-corrected chi connectivity index (χ0v) is 18.2. The van der Waals surface area contributed by atoms with E-state index in [1.807, 2.05) is 25.1 Å². The number of rotatable bonds is 8. The Morgan fingerprint density at radius 2 is 1.90 bits per heavy atom. The lowest BCUT2D eigenvalue weighted by molar-refractivity contribution is -0.120. The summed E-state index contributed by atoms with van der Waals surface area (Å²) >= 11 is 0. The molecule has 0 radical (unpaired) electrons. The third-order valence-electron chi connectivity index (χ3n) is 5.06. The number of nitrogens with zero attached hydrogens (tertiary/aromatic N) is 1. The van der Waals surface area contributed by atoms with Crippen molar-refractivity contribution >= 4 is 21.6 Å². The van der Waals surface area contributed by atoms with Gasteiger partial charge >= 0.3 is 0 Å². The normalized spacial score (nSPS) is 17.3. The van der Waals surface area contributed by atoms with Gasteiger partial charge in [0.25, 0.3) is 0 Å². The Hall–Kier alpha value is -2.58. The molecule has 0 aliphatic carbocycles. The van der Waals surface area contributed by atoms with Crippen molar-refractivity contribution in [3.8, 4) is 11.5 Å². The summed E-state index contributed by atoms with van der Waals surface area (Å²) in [5.41, 5.74) is 0.603. The van der Waals surface area contributed by atoms with Gasteiger partial charge in [0.2, 0.25) is 15.9 Å². The molecule has 0 aromatic heterocycles. The van der Waals surface area contributed by atoms with Crippen molar-refractivity contribution in [2.24, 2.45) is 5.92 Å². The zero-order chi connectivity index (χ0) is 21.6. The van der Waals surface area contributed by atoms with Gasteiger partial charge in [-0.15, -0.1) is 0 Å². The summed E-state index contributed by atoms with van der Waals surface area (Å²) in [5.74, 6) is 0.586. The molecule has 2 aromatic carbocycles. The number of ether oxygens (including phenoxy) is 2. The fraction of sp³-hybridized carbons (Fsp3) is 0.409. The number of hydrogen-bond acceptors (Lipinski definition) is 5. The van der Waals surface area contributed by atoms with E-state index in [0.29, 0.717) is 43.2 Å². The van der Waals surface area contributed by atoms with Gasteiger partial charge in [-0.25, -0.2) is 8.42 Å². The molecule has 7 nitrogen and oxygen atoms in total. The number of carbonyl (C=O) groups is 1. The first-order valence-corrected chi connectivity index (χ1v) is 11.6. The van der Waals surface area contributed by atoms with Crippen molar-refractivity contribution in [3.63, 3.8) is 0 Å². The van der Waals surface area contributed by atoms with Crippen molar-refractivity contribution in [1.29, 1.82) is 0 Å². The molecule has 1 heterocycles. The summed E-state index contributed by atoms with van der Waals surface area (Å²) in [7, 11) is -2.14. The highest BCUT2D eigenvalue weighted by atomic mass is 32.2. The molecule has 8 heteroatoms. The smallest absolute Gasteiger partial charge is 0.243 e. The second kappa shape index (κ2) is 9.95. The predicted molar refractivity (Wildman–Crippen MR) is 115 cm³/mol. The number of nitrogens with one attached hydrogen (secondary N) is 1. The summed E-state index contributed by atoms with van der Waals surface area (Å²) in [6.45, 7) is 3.12. The van der Waals surface area contributed by atoms with Crippen LogP contribution in [0.2, 0.25) is 0 Å². The molecule has 0 spiro atoms. The van der Waals surface area contributed by atoms with Gasteiger partial charge in [0.1, 0.15) is 11.5 Å². The largest absolute Gasteiger partial charge is 0.497 e. The first-order valence-electron chi connectivity index (χ1n) is 10.1. The van der Waals surface area contributed by atoms with E-state index in [1.54, 1.807) is 18.2 Å². The highest BCUT2D eigenvalue weighted by Crippen LogP contribution is 2.28. The van der Waals surface area contributed by atoms with Crippen LogP contribution in [-0.4, -0.2) is 45.4 Å². The van der Waals surface area contributed by atoms with Crippen molar-refractivity contribution < 1.29 is 22.7 Å². The second-order valence-corrected chi connectivity index (χ2v) is 9.15. The van der Waals surface area contributed by atoms with E-state index in [1.165, 1.54) is 23.5 Å². The average Bonchev–Trinajstić information content (AvgIpc) is 2.78. The quantitative estimate of drug-likeness (QED) is 0.690. The minimum Gasteiger partial charge on any atom is -0.497 e. The minimum atomic E-state index is -3.67. The first-order chi connectivity index (χ1) is 14.5. The van der Waals surface area contributed by atoms with Gasteiger partial charge in [0.15, 0.2) is 0 Å². The molecule has 0 saturated carbocycles. The second-order valence-electron chi connectivity index (χ2n) is 7.21. The van der Waals surface area contributed by atoms with Crippen LogP contribution in [0, 0.1) is 5.92 Å². The fourth-order valence-electron chi connectivity index (χ4n) is 3.41. The lowest BCUT2D eigenvalue weighted by Gasteiger charge is -2.31. The van der Waals surface area contributed by atoms with Crippen LogP contribution >= 0.6 is 0 Å². The van der Waals surface area contributed by atoms with Gasteiger partial charge in [-0.3, -0.25) is 4.79 Å². The molecular formula is C22H28N2O5S. The molecule has 1 saturated heterocycles. The third-order valence-corrected chi connectivity index (χ3v) is 6.94. The number of anilines is 1. The van der Waals surface area contributed by atoms with E-state index in [2.05, 4.69) is 5.32 Å². The Kier molecular flexibility index (Phi) is 7.33. The third kappa shape index (κ3) is 5.12. The number of piperidine rings is 1. The Labute approximate surface area is 178 Å². The van der Waals surface area contributed by atoms with Crippen LogP contribution in [0.1, 0.15) is 26.2 Å². The highest BCUT2D eigenvalue weighted by molar-refractivity contribution is 7.89. The molecule has 0 bridgehead atoms. The summed E-state index contributed by atoms with van der Waals surface area (Å²) in [4.78, 5) is 13.1. The van der Waals surface area contributed by atoms with E-state index in [-0.39, 0.29) is 17.3 Å². The number of para-hydroxylation sites is 2. The van der Waals surface area contributed by atoms with Crippen LogP contribution in [0.15, 0.2) is 53.4 Å². The van der Waals surface area contributed by atoms with Gasteiger partial charge in [-0.1, -0.05) is 19.1 Å². The molecule has 1 amide bonds. The number of carbonyl (C=O) groups excluding carboxylic acids is 1. The Morgan fingerprint density at radius 3 is 2.60 bits per heavy atom.